The molecule has 5 heteroatoms. The van der Waals surface area contributed by atoms with Crippen LogP contribution in [0, 0.1) is 5.82 Å². The van der Waals surface area contributed by atoms with Gasteiger partial charge in [-0.3, -0.25) is 4.79 Å². The number of amides is 1. The maximum absolute atomic E-state index is 13.4. The molecule has 19 heavy (non-hydrogen) atoms. The molecule has 1 atom stereocenters. The van der Waals surface area contributed by atoms with Gasteiger partial charge in [-0.25, -0.2) is 4.39 Å². The van der Waals surface area contributed by atoms with E-state index in [1.54, 1.807) is 0 Å². The van der Waals surface area contributed by atoms with Crippen molar-refractivity contribution in [3.8, 4) is 5.75 Å². The number of ether oxygens (including phenoxy) is 1. The lowest BCUT2D eigenvalue weighted by atomic mass is 10.0. The summed E-state index contributed by atoms with van der Waals surface area (Å²) >= 11 is 0. The summed E-state index contributed by atoms with van der Waals surface area (Å²) in [6.07, 6.45) is 4.32. The fourth-order valence-electron chi connectivity index (χ4n) is 2.15. The maximum Gasteiger partial charge on any atom is 0.224 e. The topological polar surface area (TPSA) is 58.6 Å². The molecule has 2 rings (SSSR count). The number of phenolic OH excluding ortho intramolecular Hbond substituents is 1. The number of hydrogen-bond donors (Lipinski definition) is 2. The van der Waals surface area contributed by atoms with Gasteiger partial charge in [0, 0.05) is 19.1 Å². The maximum atomic E-state index is 13.4. The number of carbonyl (C=O) groups excluding carboxylic acids is 1. The average molecular weight is 267 g/mol. The molecule has 1 saturated heterocycles. The Morgan fingerprint density at radius 2 is 2.32 bits per heavy atom. The second-order valence-electron chi connectivity index (χ2n) is 4.74. The van der Waals surface area contributed by atoms with Gasteiger partial charge in [-0.05, 0) is 37.8 Å². The Morgan fingerprint density at radius 1 is 1.47 bits per heavy atom. The van der Waals surface area contributed by atoms with E-state index in [4.69, 9.17) is 9.84 Å². The number of rotatable bonds is 4. The van der Waals surface area contributed by atoms with Gasteiger partial charge in [0.2, 0.25) is 5.91 Å². The summed E-state index contributed by atoms with van der Waals surface area (Å²) in [7, 11) is 0. The summed E-state index contributed by atoms with van der Waals surface area (Å²) in [5.41, 5.74) is 0.0902. The molecule has 1 aliphatic rings. The normalized spacial score (nSPS) is 19.1. The number of carbonyl (C=O) groups is 1. The second kappa shape index (κ2) is 6.52. The smallest absolute Gasteiger partial charge is 0.224 e. The van der Waals surface area contributed by atoms with Crippen molar-refractivity contribution < 1.29 is 19.0 Å². The first-order chi connectivity index (χ1) is 9.15. The van der Waals surface area contributed by atoms with E-state index in [-0.39, 0.29) is 23.4 Å². The quantitative estimate of drug-likeness (QED) is 0.825. The Bertz CT molecular complexity index is 444. The van der Waals surface area contributed by atoms with Gasteiger partial charge < -0.3 is 15.2 Å². The Labute approximate surface area is 111 Å². The van der Waals surface area contributed by atoms with Gasteiger partial charge in [-0.1, -0.05) is 0 Å². The monoisotopic (exact) mass is 267 g/mol. The van der Waals surface area contributed by atoms with Crippen molar-refractivity contribution >= 4 is 11.6 Å². The number of nitrogens with one attached hydrogen (secondary N) is 1. The van der Waals surface area contributed by atoms with Crippen LogP contribution in [0.4, 0.5) is 10.1 Å². The first-order valence-electron chi connectivity index (χ1n) is 6.55. The first-order valence-corrected chi connectivity index (χ1v) is 6.55. The summed E-state index contributed by atoms with van der Waals surface area (Å²) in [4.78, 5) is 11.7. The lowest BCUT2D eigenvalue weighted by molar-refractivity contribution is -0.117. The number of aromatic hydroxyl groups is 1. The van der Waals surface area contributed by atoms with E-state index < -0.39 is 5.82 Å². The zero-order chi connectivity index (χ0) is 13.7. The van der Waals surface area contributed by atoms with E-state index in [0.717, 1.165) is 31.9 Å². The van der Waals surface area contributed by atoms with Crippen molar-refractivity contribution in [3.63, 3.8) is 0 Å². The average Bonchev–Trinajstić information content (AvgIpc) is 2.41. The molecule has 1 aromatic rings. The highest BCUT2D eigenvalue weighted by Crippen LogP contribution is 2.21. The van der Waals surface area contributed by atoms with Crippen LogP contribution in [0.5, 0.6) is 5.75 Å². The highest BCUT2D eigenvalue weighted by Gasteiger charge is 2.15. The summed E-state index contributed by atoms with van der Waals surface area (Å²) in [5, 5.41) is 11.6. The Balaban J connectivity index is 1.80. The van der Waals surface area contributed by atoms with E-state index in [9.17, 15) is 9.18 Å². The minimum absolute atomic E-state index is 0.0902. The van der Waals surface area contributed by atoms with E-state index in [0.29, 0.717) is 12.8 Å². The van der Waals surface area contributed by atoms with Gasteiger partial charge in [0.1, 0.15) is 11.6 Å². The van der Waals surface area contributed by atoms with Gasteiger partial charge in [-0.15, -0.1) is 0 Å². The molecule has 1 aromatic carbocycles. The number of hydrogen-bond acceptors (Lipinski definition) is 3. The van der Waals surface area contributed by atoms with E-state index in [2.05, 4.69) is 5.32 Å². The van der Waals surface area contributed by atoms with Crippen LogP contribution < -0.4 is 5.32 Å². The van der Waals surface area contributed by atoms with Crippen LogP contribution in [-0.2, 0) is 9.53 Å². The van der Waals surface area contributed by atoms with Crippen LogP contribution >= 0.6 is 0 Å². The van der Waals surface area contributed by atoms with Gasteiger partial charge >= 0.3 is 0 Å². The standard InChI is InChI=1S/C14H18FNO3/c15-12-9-10(17)4-6-13(12)16-14(18)7-5-11-3-1-2-8-19-11/h4,6,9,11,17H,1-3,5,7-8H2,(H,16,18). The minimum Gasteiger partial charge on any atom is -0.508 e. The fourth-order valence-corrected chi connectivity index (χ4v) is 2.15. The van der Waals surface area contributed by atoms with Gasteiger partial charge in [0.15, 0.2) is 0 Å². The largest absolute Gasteiger partial charge is 0.508 e. The zero-order valence-electron chi connectivity index (χ0n) is 10.7. The summed E-state index contributed by atoms with van der Waals surface area (Å²) in [6.45, 7) is 0.763. The molecule has 4 nitrogen and oxygen atoms in total. The molecule has 1 aliphatic heterocycles. The number of phenols is 1. The fraction of sp³-hybridized carbons (Fsp3) is 0.500. The van der Waals surface area contributed by atoms with Crippen LogP contribution in [0.3, 0.4) is 0 Å². The lowest BCUT2D eigenvalue weighted by Gasteiger charge is -2.22. The van der Waals surface area contributed by atoms with Crippen molar-refractivity contribution in [1.29, 1.82) is 0 Å². The molecule has 0 aromatic heterocycles. The molecular formula is C14H18FNO3. The van der Waals surface area contributed by atoms with Crippen LogP contribution in [-0.4, -0.2) is 23.7 Å². The van der Waals surface area contributed by atoms with Crippen LogP contribution in [0.1, 0.15) is 32.1 Å². The SMILES string of the molecule is O=C(CCC1CCCCO1)Nc1ccc(O)cc1F. The minimum atomic E-state index is -0.637. The number of benzene rings is 1. The van der Waals surface area contributed by atoms with Crippen LogP contribution in [0.25, 0.3) is 0 Å². The molecule has 1 amide bonds. The Morgan fingerprint density at radius 3 is 3.00 bits per heavy atom. The highest BCUT2D eigenvalue weighted by molar-refractivity contribution is 5.90. The molecule has 1 unspecified atom stereocenters. The molecule has 1 fully saturated rings. The Kier molecular flexibility index (Phi) is 4.74. The van der Waals surface area contributed by atoms with E-state index in [1.807, 2.05) is 0 Å². The molecule has 0 aliphatic carbocycles. The second-order valence-corrected chi connectivity index (χ2v) is 4.74. The van der Waals surface area contributed by atoms with Crippen molar-refractivity contribution in [2.45, 2.75) is 38.2 Å². The zero-order valence-corrected chi connectivity index (χ0v) is 10.7. The highest BCUT2D eigenvalue weighted by atomic mass is 19.1. The summed E-state index contributed by atoms with van der Waals surface area (Å²) in [6, 6.07) is 3.66. The molecular weight excluding hydrogens is 249 g/mol. The van der Waals surface area contributed by atoms with E-state index in [1.165, 1.54) is 12.1 Å². The molecule has 0 radical (unpaired) electrons. The van der Waals surface area contributed by atoms with Gasteiger partial charge in [0.25, 0.3) is 0 Å². The summed E-state index contributed by atoms with van der Waals surface area (Å²) in [5.74, 6) is -1.04. The molecule has 2 N–H and O–H groups in total. The molecule has 0 spiro atoms. The van der Waals surface area contributed by atoms with E-state index >= 15 is 0 Å². The lowest BCUT2D eigenvalue weighted by Crippen LogP contribution is -2.22. The molecule has 104 valence electrons. The number of halogens is 1. The third-order valence-electron chi connectivity index (χ3n) is 3.19. The predicted molar refractivity (Wildman–Crippen MR) is 69.5 cm³/mol. The third kappa shape index (κ3) is 4.21. The van der Waals surface area contributed by atoms with Crippen molar-refractivity contribution in [2.75, 3.05) is 11.9 Å². The van der Waals surface area contributed by atoms with Crippen LogP contribution in [0.15, 0.2) is 18.2 Å². The molecule has 0 saturated carbocycles. The van der Waals surface area contributed by atoms with Crippen molar-refractivity contribution in [1.82, 2.24) is 0 Å². The van der Waals surface area contributed by atoms with Crippen molar-refractivity contribution in [3.05, 3.63) is 24.0 Å². The number of anilines is 1. The van der Waals surface area contributed by atoms with Crippen molar-refractivity contribution in [2.24, 2.45) is 0 Å². The Hall–Kier alpha value is -1.62. The predicted octanol–water partition coefficient (Wildman–Crippen LogP) is 2.82. The van der Waals surface area contributed by atoms with Gasteiger partial charge in [-0.2, -0.15) is 0 Å². The van der Waals surface area contributed by atoms with Crippen LogP contribution in [0.2, 0.25) is 0 Å². The van der Waals surface area contributed by atoms with Gasteiger partial charge in [0.05, 0.1) is 11.8 Å². The molecule has 0 bridgehead atoms. The third-order valence-corrected chi connectivity index (χ3v) is 3.19. The molecule has 1 heterocycles. The first kappa shape index (κ1) is 13.8. The summed E-state index contributed by atoms with van der Waals surface area (Å²) < 4.78 is 18.9.